The van der Waals surface area contributed by atoms with Gasteiger partial charge in [0.1, 0.15) is 6.10 Å². The smallest absolute Gasteiger partial charge is 0.390 e. The van der Waals surface area contributed by atoms with Crippen LogP contribution >= 0.6 is 0 Å². The summed E-state index contributed by atoms with van der Waals surface area (Å²) in [5.74, 6) is 0. The van der Waals surface area contributed by atoms with Gasteiger partial charge in [-0.2, -0.15) is 13.2 Å². The molecule has 0 aromatic carbocycles. The van der Waals surface area contributed by atoms with Crippen LogP contribution in [0.5, 0.6) is 0 Å². The summed E-state index contributed by atoms with van der Waals surface area (Å²) >= 11 is 0. The first kappa shape index (κ1) is 10.7. The van der Waals surface area contributed by atoms with Gasteiger partial charge in [-0.3, -0.25) is 0 Å². The molecule has 0 saturated carbocycles. The van der Waals surface area contributed by atoms with Gasteiger partial charge in [-0.1, -0.05) is 0 Å². The van der Waals surface area contributed by atoms with Crippen LogP contribution in [0.1, 0.15) is 6.42 Å². The summed E-state index contributed by atoms with van der Waals surface area (Å²) in [7, 11) is 0. The van der Waals surface area contributed by atoms with Crippen molar-refractivity contribution in [2.24, 2.45) is 0 Å². The highest BCUT2D eigenvalue weighted by Crippen LogP contribution is 2.31. The average molecular weight is 202 g/mol. The van der Waals surface area contributed by atoms with Crippen molar-refractivity contribution in [3.8, 4) is 0 Å². The van der Waals surface area contributed by atoms with E-state index >= 15 is 0 Å². The summed E-state index contributed by atoms with van der Waals surface area (Å²) in [6, 6.07) is 0. The lowest BCUT2D eigenvalue weighted by atomic mass is 10.0. The third-order valence-corrected chi connectivity index (χ3v) is 1.77. The highest BCUT2D eigenvalue weighted by molar-refractivity contribution is 4.86. The Morgan fingerprint density at radius 2 is 1.69 bits per heavy atom. The topological polar surface area (TPSA) is 69.9 Å². The zero-order valence-electron chi connectivity index (χ0n) is 6.40. The molecule has 1 saturated heterocycles. The summed E-state index contributed by atoms with van der Waals surface area (Å²) < 4.78 is 40.1. The van der Waals surface area contributed by atoms with Crippen LogP contribution in [0.2, 0.25) is 0 Å². The zero-order chi connectivity index (χ0) is 10.2. The standard InChI is InChI=1S/C6H9F3O4/c7-6(8,9)5-4(12)2(10)1-3(11)13-5/h2-5,10-12H,1H2/t2-,3?,4+,5+/m1/s1. The molecular formula is C6H9F3O4. The van der Waals surface area contributed by atoms with Crippen LogP contribution in [0.3, 0.4) is 0 Å². The molecule has 0 bridgehead atoms. The Morgan fingerprint density at radius 1 is 1.15 bits per heavy atom. The van der Waals surface area contributed by atoms with E-state index in [-0.39, 0.29) is 0 Å². The number of hydrogen-bond donors (Lipinski definition) is 3. The lowest BCUT2D eigenvalue weighted by molar-refractivity contribution is -0.320. The Labute approximate surface area is 71.6 Å². The lowest BCUT2D eigenvalue weighted by Gasteiger charge is -2.35. The molecule has 1 heterocycles. The Hall–Kier alpha value is -0.370. The fraction of sp³-hybridized carbons (Fsp3) is 1.00. The van der Waals surface area contributed by atoms with Crippen LogP contribution in [-0.4, -0.2) is 46.1 Å². The fourth-order valence-electron chi connectivity index (χ4n) is 1.12. The normalized spacial score (nSPS) is 42.0. The quantitative estimate of drug-likeness (QED) is 0.489. The van der Waals surface area contributed by atoms with Gasteiger partial charge in [0.25, 0.3) is 0 Å². The first-order valence-electron chi connectivity index (χ1n) is 3.58. The first-order valence-corrected chi connectivity index (χ1v) is 3.58. The molecule has 1 unspecified atom stereocenters. The molecule has 0 aromatic rings. The third-order valence-electron chi connectivity index (χ3n) is 1.77. The molecule has 0 radical (unpaired) electrons. The molecule has 7 heteroatoms. The van der Waals surface area contributed by atoms with Crippen molar-refractivity contribution in [1.29, 1.82) is 0 Å². The van der Waals surface area contributed by atoms with E-state index in [2.05, 4.69) is 4.74 Å². The first-order chi connectivity index (χ1) is 5.82. The maximum atomic E-state index is 12.0. The van der Waals surface area contributed by atoms with Crippen molar-refractivity contribution in [2.45, 2.75) is 37.2 Å². The highest BCUT2D eigenvalue weighted by Gasteiger charge is 2.51. The van der Waals surface area contributed by atoms with E-state index in [0.29, 0.717) is 0 Å². The molecule has 4 nitrogen and oxygen atoms in total. The molecule has 1 fully saturated rings. The van der Waals surface area contributed by atoms with E-state index in [0.717, 1.165) is 0 Å². The Kier molecular flexibility index (Phi) is 2.81. The van der Waals surface area contributed by atoms with Gasteiger partial charge in [0.15, 0.2) is 12.4 Å². The van der Waals surface area contributed by atoms with Crippen molar-refractivity contribution >= 4 is 0 Å². The SMILES string of the molecule is OC1C[C@@H](O)[C@H](O)[C@@H](C(F)(F)F)O1. The van der Waals surface area contributed by atoms with Crippen molar-refractivity contribution in [2.75, 3.05) is 0 Å². The minimum absolute atomic E-state index is 0.423. The van der Waals surface area contributed by atoms with E-state index < -0.39 is 37.2 Å². The summed E-state index contributed by atoms with van der Waals surface area (Å²) in [6.45, 7) is 0. The van der Waals surface area contributed by atoms with Crippen LogP contribution < -0.4 is 0 Å². The minimum Gasteiger partial charge on any atom is -0.390 e. The van der Waals surface area contributed by atoms with Crippen LogP contribution in [0.25, 0.3) is 0 Å². The maximum Gasteiger partial charge on any atom is 0.417 e. The molecule has 0 spiro atoms. The summed E-state index contributed by atoms with van der Waals surface area (Å²) in [5.41, 5.74) is 0. The van der Waals surface area contributed by atoms with Gasteiger partial charge in [-0.25, -0.2) is 0 Å². The van der Waals surface area contributed by atoms with Crippen molar-refractivity contribution in [3.05, 3.63) is 0 Å². The molecule has 3 N–H and O–H groups in total. The molecule has 0 amide bonds. The number of hydrogen-bond acceptors (Lipinski definition) is 4. The predicted molar refractivity (Wildman–Crippen MR) is 33.6 cm³/mol. The largest absolute Gasteiger partial charge is 0.417 e. The van der Waals surface area contributed by atoms with Crippen LogP contribution in [0.4, 0.5) is 13.2 Å². The monoisotopic (exact) mass is 202 g/mol. The maximum absolute atomic E-state index is 12.0. The minimum atomic E-state index is -4.79. The number of ether oxygens (including phenoxy) is 1. The Morgan fingerprint density at radius 3 is 2.15 bits per heavy atom. The molecule has 4 atom stereocenters. The Bertz CT molecular complexity index is 183. The van der Waals surface area contributed by atoms with Gasteiger partial charge in [0.05, 0.1) is 6.10 Å². The van der Waals surface area contributed by atoms with E-state index in [9.17, 15) is 13.2 Å². The number of aliphatic hydroxyl groups excluding tert-OH is 3. The summed E-state index contributed by atoms with van der Waals surface area (Å²) in [6.07, 6.45) is -13.1. The second-order valence-electron chi connectivity index (χ2n) is 2.85. The molecule has 1 rings (SSSR count). The lowest BCUT2D eigenvalue weighted by Crippen LogP contribution is -2.54. The summed E-state index contributed by atoms with van der Waals surface area (Å²) in [5, 5.41) is 26.5. The average Bonchev–Trinajstić information content (AvgIpc) is 1.94. The van der Waals surface area contributed by atoms with Crippen LogP contribution in [0.15, 0.2) is 0 Å². The number of halogens is 3. The van der Waals surface area contributed by atoms with Crippen molar-refractivity contribution in [1.82, 2.24) is 0 Å². The molecule has 0 aromatic heterocycles. The number of rotatable bonds is 0. The number of aliphatic hydroxyl groups is 3. The number of alkyl halides is 3. The molecular weight excluding hydrogens is 193 g/mol. The second kappa shape index (κ2) is 3.41. The zero-order valence-corrected chi connectivity index (χ0v) is 6.40. The van der Waals surface area contributed by atoms with E-state index in [1.54, 1.807) is 0 Å². The second-order valence-corrected chi connectivity index (χ2v) is 2.85. The molecule has 1 aliphatic heterocycles. The van der Waals surface area contributed by atoms with Crippen molar-refractivity contribution in [3.63, 3.8) is 0 Å². The van der Waals surface area contributed by atoms with Gasteiger partial charge in [-0.15, -0.1) is 0 Å². The van der Waals surface area contributed by atoms with Gasteiger partial charge in [-0.05, 0) is 0 Å². The van der Waals surface area contributed by atoms with Crippen LogP contribution in [-0.2, 0) is 4.74 Å². The van der Waals surface area contributed by atoms with Gasteiger partial charge in [0.2, 0.25) is 0 Å². The fourth-order valence-corrected chi connectivity index (χ4v) is 1.12. The molecule has 78 valence electrons. The molecule has 0 aliphatic carbocycles. The van der Waals surface area contributed by atoms with Gasteiger partial charge < -0.3 is 20.1 Å². The van der Waals surface area contributed by atoms with E-state index in [4.69, 9.17) is 15.3 Å². The molecule has 1 aliphatic rings. The molecule has 13 heavy (non-hydrogen) atoms. The van der Waals surface area contributed by atoms with E-state index in [1.807, 2.05) is 0 Å². The third kappa shape index (κ3) is 2.31. The van der Waals surface area contributed by atoms with Gasteiger partial charge >= 0.3 is 6.18 Å². The predicted octanol–water partition coefficient (Wildman–Crippen LogP) is -0.622. The summed E-state index contributed by atoms with van der Waals surface area (Å²) in [4.78, 5) is 0. The van der Waals surface area contributed by atoms with Crippen LogP contribution in [0, 0.1) is 0 Å². The Balaban J connectivity index is 2.72. The van der Waals surface area contributed by atoms with Gasteiger partial charge in [0, 0.05) is 6.42 Å². The van der Waals surface area contributed by atoms with E-state index in [1.165, 1.54) is 0 Å². The van der Waals surface area contributed by atoms with Crippen molar-refractivity contribution < 1.29 is 33.2 Å². The highest BCUT2D eigenvalue weighted by atomic mass is 19.4.